The molecule has 10 nitrogen and oxygen atoms in total. The number of fused-ring (bicyclic) bond motifs is 1. The lowest BCUT2D eigenvalue weighted by atomic mass is 10.1. The average Bonchev–Trinajstić information content (AvgIpc) is 3.20. The fourth-order valence-electron chi connectivity index (χ4n) is 3.65. The highest BCUT2D eigenvalue weighted by atomic mass is 19.1. The number of aromatic nitrogens is 3. The van der Waals surface area contributed by atoms with Gasteiger partial charge in [-0.3, -0.25) is 14.8 Å². The van der Waals surface area contributed by atoms with Gasteiger partial charge in [0.1, 0.15) is 5.56 Å². The number of halogens is 1. The zero-order valence-corrected chi connectivity index (χ0v) is 18.9. The van der Waals surface area contributed by atoms with Crippen LogP contribution >= 0.6 is 0 Å². The van der Waals surface area contributed by atoms with E-state index >= 15 is 0 Å². The van der Waals surface area contributed by atoms with Crippen LogP contribution in [0.4, 0.5) is 21.7 Å². The van der Waals surface area contributed by atoms with Crippen LogP contribution in [-0.2, 0) is 4.74 Å². The number of benzene rings is 2. The van der Waals surface area contributed by atoms with Gasteiger partial charge in [0.05, 0.1) is 28.9 Å². The second-order valence-electron chi connectivity index (χ2n) is 7.70. The molecule has 0 bridgehead atoms. The summed E-state index contributed by atoms with van der Waals surface area (Å²) in [5.74, 6) is -1.47. The minimum absolute atomic E-state index is 0.0772. The Bertz CT molecular complexity index is 1430. The van der Waals surface area contributed by atoms with Crippen molar-refractivity contribution < 1.29 is 18.8 Å². The van der Waals surface area contributed by atoms with E-state index in [0.29, 0.717) is 16.8 Å². The predicted molar refractivity (Wildman–Crippen MR) is 125 cm³/mol. The molecule has 0 aliphatic rings. The smallest absolute Gasteiger partial charge is 0.341 e. The summed E-state index contributed by atoms with van der Waals surface area (Å²) in [6, 6.07) is 9.79. The molecule has 4 aromatic rings. The molecule has 4 rings (SSSR count). The normalized spacial score (nSPS) is 10.9. The van der Waals surface area contributed by atoms with Gasteiger partial charge in [-0.25, -0.2) is 14.8 Å². The molecule has 0 aliphatic heterocycles. The van der Waals surface area contributed by atoms with Crippen LogP contribution in [0.15, 0.2) is 48.8 Å². The Kier molecular flexibility index (Phi) is 5.84. The largest absolute Gasteiger partial charge is 0.465 e. The Morgan fingerprint density at radius 3 is 2.68 bits per heavy atom. The number of hydrogen-bond donors (Lipinski definition) is 1. The first-order valence-corrected chi connectivity index (χ1v) is 10.2. The minimum atomic E-state index is -0.938. The molecule has 0 unspecified atom stereocenters. The number of esters is 1. The highest BCUT2D eigenvalue weighted by Gasteiger charge is 2.22. The number of hydrogen-bond acceptors (Lipinski definition) is 8. The van der Waals surface area contributed by atoms with Crippen molar-refractivity contribution in [2.45, 2.75) is 6.92 Å². The van der Waals surface area contributed by atoms with E-state index in [4.69, 9.17) is 4.74 Å². The van der Waals surface area contributed by atoms with Crippen LogP contribution < -0.4 is 10.3 Å². The zero-order chi connectivity index (χ0) is 24.6. The highest BCUT2D eigenvalue weighted by Crippen LogP contribution is 2.33. The summed E-state index contributed by atoms with van der Waals surface area (Å²) in [6.45, 7) is 1.60. The summed E-state index contributed by atoms with van der Waals surface area (Å²) in [6.07, 6.45) is 3.17. The van der Waals surface area contributed by atoms with E-state index in [0.717, 1.165) is 23.0 Å². The summed E-state index contributed by atoms with van der Waals surface area (Å²) < 4.78 is 20.8. The van der Waals surface area contributed by atoms with Gasteiger partial charge in [-0.15, -0.1) is 0 Å². The molecule has 1 N–H and O–H groups in total. The standard InChI is InChI=1S/C23H21FN6O4/c1-13-9-17(24)20(30(32)33)10-18(13)26-23-25-11-15(22(31)34-4)21(27-23)16-12-29(28(2)3)19-8-6-5-7-14(16)19/h5-12H,1-4H3,(H,25,26,27). The molecule has 0 fully saturated rings. The van der Waals surface area contributed by atoms with E-state index < -0.39 is 22.4 Å². The zero-order valence-electron chi connectivity index (χ0n) is 18.9. The van der Waals surface area contributed by atoms with Crippen LogP contribution in [0, 0.1) is 22.9 Å². The predicted octanol–water partition coefficient (Wildman–Crippen LogP) is 4.18. The van der Waals surface area contributed by atoms with Crippen LogP contribution in [0.3, 0.4) is 0 Å². The summed E-state index contributed by atoms with van der Waals surface area (Å²) in [5, 5.41) is 16.8. The molecular formula is C23H21FN6O4. The fraction of sp³-hybridized carbons (Fsp3) is 0.174. The molecular weight excluding hydrogens is 443 g/mol. The van der Waals surface area contributed by atoms with Crippen LogP contribution in [0.1, 0.15) is 15.9 Å². The van der Waals surface area contributed by atoms with Gasteiger partial charge < -0.3 is 15.1 Å². The number of anilines is 2. The number of carbonyl (C=O) groups is 1. The number of nitro groups is 1. The van der Waals surface area contributed by atoms with Gasteiger partial charge in [-0.2, -0.15) is 4.39 Å². The molecule has 174 valence electrons. The quantitative estimate of drug-likeness (QED) is 0.257. The second kappa shape index (κ2) is 8.77. The summed E-state index contributed by atoms with van der Waals surface area (Å²) in [4.78, 5) is 31.6. The van der Waals surface area contributed by atoms with E-state index in [1.165, 1.54) is 13.3 Å². The lowest BCUT2D eigenvalue weighted by Crippen LogP contribution is -2.23. The number of nitro benzene ring substituents is 1. The molecule has 2 heterocycles. The van der Waals surface area contributed by atoms with E-state index in [9.17, 15) is 19.3 Å². The topological polar surface area (TPSA) is 115 Å². The fourth-order valence-corrected chi connectivity index (χ4v) is 3.65. The lowest BCUT2D eigenvalue weighted by Gasteiger charge is -2.15. The summed E-state index contributed by atoms with van der Waals surface area (Å²) in [7, 11) is 5.03. The van der Waals surface area contributed by atoms with Gasteiger partial charge in [0.25, 0.3) is 0 Å². The first-order valence-electron chi connectivity index (χ1n) is 10.2. The van der Waals surface area contributed by atoms with Crippen molar-refractivity contribution in [3.63, 3.8) is 0 Å². The number of para-hydroxylation sites is 1. The van der Waals surface area contributed by atoms with Crippen molar-refractivity contribution in [2.24, 2.45) is 0 Å². The van der Waals surface area contributed by atoms with Gasteiger partial charge in [0.2, 0.25) is 11.8 Å². The Balaban J connectivity index is 1.89. The van der Waals surface area contributed by atoms with Gasteiger partial charge in [0, 0.05) is 43.5 Å². The molecule has 2 aromatic carbocycles. The Hall–Kier alpha value is -4.54. The van der Waals surface area contributed by atoms with Crippen LogP contribution in [0.25, 0.3) is 22.2 Å². The van der Waals surface area contributed by atoms with Crippen molar-refractivity contribution in [1.82, 2.24) is 14.6 Å². The molecule has 0 radical (unpaired) electrons. The van der Waals surface area contributed by atoms with Crippen LogP contribution in [-0.4, -0.2) is 46.7 Å². The Morgan fingerprint density at radius 2 is 2.00 bits per heavy atom. The number of methoxy groups -OCH3 is 1. The molecule has 0 saturated carbocycles. The van der Waals surface area contributed by atoms with Crippen molar-refractivity contribution in [2.75, 3.05) is 31.5 Å². The van der Waals surface area contributed by atoms with Crippen LogP contribution in [0.2, 0.25) is 0 Å². The Morgan fingerprint density at radius 1 is 1.26 bits per heavy atom. The maximum atomic E-state index is 13.9. The van der Waals surface area contributed by atoms with Crippen LogP contribution in [0.5, 0.6) is 0 Å². The third kappa shape index (κ3) is 3.98. The highest BCUT2D eigenvalue weighted by molar-refractivity contribution is 6.03. The van der Waals surface area contributed by atoms with E-state index in [2.05, 4.69) is 15.3 Å². The van der Waals surface area contributed by atoms with Gasteiger partial charge >= 0.3 is 11.7 Å². The lowest BCUT2D eigenvalue weighted by molar-refractivity contribution is -0.387. The SMILES string of the molecule is COC(=O)c1cnc(Nc2cc([N+](=O)[O-])c(F)cc2C)nc1-c1cn(N(C)C)c2ccccc12. The first kappa shape index (κ1) is 22.6. The number of nitrogens with zero attached hydrogens (tertiary/aromatic N) is 5. The third-order valence-corrected chi connectivity index (χ3v) is 5.31. The maximum absolute atomic E-state index is 13.9. The average molecular weight is 464 g/mol. The molecule has 11 heteroatoms. The minimum Gasteiger partial charge on any atom is -0.465 e. The molecule has 0 saturated heterocycles. The number of ether oxygens (including phenoxy) is 1. The van der Waals surface area contributed by atoms with Crippen molar-refractivity contribution >= 4 is 34.2 Å². The summed E-state index contributed by atoms with van der Waals surface area (Å²) >= 11 is 0. The Labute approximate surface area is 193 Å². The third-order valence-electron chi connectivity index (χ3n) is 5.31. The van der Waals surface area contributed by atoms with E-state index in [-0.39, 0.29) is 17.2 Å². The molecule has 2 aromatic heterocycles. The van der Waals surface area contributed by atoms with E-state index in [1.54, 1.807) is 6.92 Å². The van der Waals surface area contributed by atoms with Crippen molar-refractivity contribution in [1.29, 1.82) is 0 Å². The number of nitrogens with one attached hydrogen (secondary N) is 1. The molecule has 0 amide bonds. The molecule has 0 spiro atoms. The number of rotatable bonds is 6. The van der Waals surface area contributed by atoms with Crippen molar-refractivity contribution in [3.05, 3.63) is 75.9 Å². The van der Waals surface area contributed by atoms with Crippen molar-refractivity contribution in [3.8, 4) is 11.3 Å². The van der Waals surface area contributed by atoms with Gasteiger partial charge in [-0.1, -0.05) is 18.2 Å². The van der Waals surface area contributed by atoms with Gasteiger partial charge in [0.15, 0.2) is 0 Å². The van der Waals surface area contributed by atoms with Gasteiger partial charge in [-0.05, 0) is 24.6 Å². The monoisotopic (exact) mass is 464 g/mol. The molecule has 0 atom stereocenters. The number of carbonyl (C=O) groups excluding carboxylic acids is 1. The molecule has 34 heavy (non-hydrogen) atoms. The van der Waals surface area contributed by atoms with E-state index in [1.807, 2.05) is 54.2 Å². The maximum Gasteiger partial charge on any atom is 0.341 e. The second-order valence-corrected chi connectivity index (χ2v) is 7.70. The first-order chi connectivity index (χ1) is 16.2. The number of aryl methyl sites for hydroxylation is 1. The molecule has 0 aliphatic carbocycles. The summed E-state index contributed by atoms with van der Waals surface area (Å²) in [5.41, 5.74) is 2.05.